The Hall–Kier alpha value is -0.190. The predicted molar refractivity (Wildman–Crippen MR) is 82.4 cm³/mol. The Morgan fingerprint density at radius 2 is 1.90 bits per heavy atom. The highest BCUT2D eigenvalue weighted by Crippen LogP contribution is 2.46. The summed E-state index contributed by atoms with van der Waals surface area (Å²) in [5.41, 5.74) is 0. The molecule has 0 heterocycles. The summed E-state index contributed by atoms with van der Waals surface area (Å²) in [6.07, 6.45) is 5.11. The predicted octanol–water partition coefficient (Wildman–Crippen LogP) is 3.23. The summed E-state index contributed by atoms with van der Waals surface area (Å²) >= 11 is 16.8. The standard InChI is InChI=1S/C14H20Cl3NO3/c1-2-21-12(19)11-9-6-4-3-5-8(9)7-10(11)18-13(20)14(15,16)17/h8-11H,2-7H2,1H3,(H,18,20)/t8-,9-,10+,11+/m1/s1. The Morgan fingerprint density at radius 3 is 2.52 bits per heavy atom. The fraction of sp³-hybridized carbons (Fsp3) is 0.857. The van der Waals surface area contributed by atoms with Gasteiger partial charge in [0.15, 0.2) is 0 Å². The third-order valence-electron chi connectivity index (χ3n) is 4.55. The van der Waals surface area contributed by atoms with Gasteiger partial charge in [0.1, 0.15) is 0 Å². The van der Waals surface area contributed by atoms with Crippen molar-refractivity contribution >= 4 is 46.7 Å². The maximum Gasteiger partial charge on any atom is 0.311 e. The van der Waals surface area contributed by atoms with E-state index in [1.165, 1.54) is 6.42 Å². The molecule has 4 nitrogen and oxygen atoms in total. The number of alkyl halides is 3. The van der Waals surface area contributed by atoms with Crippen molar-refractivity contribution in [3.8, 4) is 0 Å². The van der Waals surface area contributed by atoms with E-state index in [9.17, 15) is 9.59 Å². The van der Waals surface area contributed by atoms with Gasteiger partial charge in [-0.2, -0.15) is 0 Å². The van der Waals surface area contributed by atoms with Crippen LogP contribution in [0.5, 0.6) is 0 Å². The van der Waals surface area contributed by atoms with Crippen LogP contribution in [0, 0.1) is 17.8 Å². The Balaban J connectivity index is 2.13. The molecule has 21 heavy (non-hydrogen) atoms. The number of carbonyl (C=O) groups is 2. The summed E-state index contributed by atoms with van der Waals surface area (Å²) < 4.78 is 3.18. The van der Waals surface area contributed by atoms with Crippen LogP contribution >= 0.6 is 34.8 Å². The van der Waals surface area contributed by atoms with Crippen molar-refractivity contribution in [2.75, 3.05) is 6.61 Å². The van der Waals surface area contributed by atoms with Crippen LogP contribution in [0.15, 0.2) is 0 Å². The lowest BCUT2D eigenvalue weighted by atomic mass is 9.78. The number of carbonyl (C=O) groups excluding carboxylic acids is 2. The summed E-state index contributed by atoms with van der Waals surface area (Å²) in [4.78, 5) is 24.2. The van der Waals surface area contributed by atoms with Gasteiger partial charge in [-0.3, -0.25) is 9.59 Å². The van der Waals surface area contributed by atoms with Gasteiger partial charge in [0.05, 0.1) is 12.5 Å². The van der Waals surface area contributed by atoms with Crippen molar-refractivity contribution in [3.05, 3.63) is 0 Å². The van der Waals surface area contributed by atoms with E-state index in [4.69, 9.17) is 39.5 Å². The highest BCUT2D eigenvalue weighted by molar-refractivity contribution is 6.76. The summed E-state index contributed by atoms with van der Waals surface area (Å²) in [6, 6.07) is -0.305. The van der Waals surface area contributed by atoms with Crippen LogP contribution in [-0.2, 0) is 14.3 Å². The fourth-order valence-corrected chi connectivity index (χ4v) is 3.91. The second kappa shape index (κ2) is 6.93. The molecule has 120 valence electrons. The van der Waals surface area contributed by atoms with E-state index in [2.05, 4.69) is 5.32 Å². The van der Waals surface area contributed by atoms with E-state index < -0.39 is 9.70 Å². The minimum Gasteiger partial charge on any atom is -0.466 e. The summed E-state index contributed by atoms with van der Waals surface area (Å²) in [5.74, 6) is -0.550. The molecule has 2 aliphatic carbocycles. The Kier molecular flexibility index (Phi) is 5.66. The smallest absolute Gasteiger partial charge is 0.311 e. The molecular weight excluding hydrogens is 337 g/mol. The number of fused-ring (bicyclic) bond motifs is 1. The molecule has 2 saturated carbocycles. The molecule has 1 amide bonds. The van der Waals surface area contributed by atoms with Crippen molar-refractivity contribution in [2.45, 2.75) is 48.9 Å². The van der Waals surface area contributed by atoms with Gasteiger partial charge in [-0.05, 0) is 31.6 Å². The van der Waals surface area contributed by atoms with Crippen LogP contribution < -0.4 is 5.32 Å². The van der Waals surface area contributed by atoms with Crippen LogP contribution in [0.2, 0.25) is 0 Å². The molecule has 0 aromatic carbocycles. The Labute approximate surface area is 139 Å². The van der Waals surface area contributed by atoms with Gasteiger partial charge in [0, 0.05) is 6.04 Å². The van der Waals surface area contributed by atoms with Gasteiger partial charge < -0.3 is 10.1 Å². The first-order chi connectivity index (χ1) is 9.84. The molecule has 1 N–H and O–H groups in total. The lowest BCUT2D eigenvalue weighted by Crippen LogP contribution is -2.46. The van der Waals surface area contributed by atoms with Crippen molar-refractivity contribution in [2.24, 2.45) is 17.8 Å². The highest BCUT2D eigenvalue weighted by Gasteiger charge is 2.49. The average molecular weight is 357 g/mol. The number of halogens is 3. The van der Waals surface area contributed by atoms with Crippen LogP contribution in [0.1, 0.15) is 39.0 Å². The molecule has 0 aliphatic heterocycles. The Bertz CT molecular complexity index is 411. The van der Waals surface area contributed by atoms with Gasteiger partial charge in [-0.25, -0.2) is 0 Å². The first-order valence-corrected chi connectivity index (χ1v) is 8.52. The maximum absolute atomic E-state index is 12.3. The van der Waals surface area contributed by atoms with Gasteiger partial charge in [-0.1, -0.05) is 54.1 Å². The monoisotopic (exact) mass is 355 g/mol. The first kappa shape index (κ1) is 17.2. The molecular formula is C14H20Cl3NO3. The number of ether oxygens (including phenoxy) is 1. The zero-order valence-electron chi connectivity index (χ0n) is 11.9. The van der Waals surface area contributed by atoms with Crippen LogP contribution in [0.25, 0.3) is 0 Å². The van der Waals surface area contributed by atoms with Crippen molar-refractivity contribution in [3.63, 3.8) is 0 Å². The largest absolute Gasteiger partial charge is 0.466 e. The summed E-state index contributed by atoms with van der Waals surface area (Å²) in [5, 5.41) is 2.73. The summed E-state index contributed by atoms with van der Waals surface area (Å²) in [7, 11) is 0. The van der Waals surface area contributed by atoms with Gasteiger partial charge in [-0.15, -0.1) is 0 Å². The van der Waals surface area contributed by atoms with E-state index in [1.54, 1.807) is 6.92 Å². The van der Waals surface area contributed by atoms with E-state index in [0.29, 0.717) is 12.5 Å². The maximum atomic E-state index is 12.3. The molecule has 0 radical (unpaired) electrons. The van der Waals surface area contributed by atoms with E-state index >= 15 is 0 Å². The van der Waals surface area contributed by atoms with Gasteiger partial charge >= 0.3 is 5.97 Å². The number of esters is 1. The Morgan fingerprint density at radius 1 is 1.24 bits per heavy atom. The first-order valence-electron chi connectivity index (χ1n) is 7.39. The van der Waals surface area contributed by atoms with Crippen molar-refractivity contribution < 1.29 is 14.3 Å². The van der Waals surface area contributed by atoms with Crippen molar-refractivity contribution in [1.82, 2.24) is 5.32 Å². The molecule has 7 heteroatoms. The molecule has 0 aromatic heterocycles. The highest BCUT2D eigenvalue weighted by atomic mass is 35.6. The zero-order chi connectivity index (χ0) is 15.6. The third kappa shape index (κ3) is 3.96. The summed E-state index contributed by atoms with van der Waals surface area (Å²) in [6.45, 7) is 2.11. The minimum atomic E-state index is -2.01. The molecule has 0 aromatic rings. The topological polar surface area (TPSA) is 55.4 Å². The van der Waals surface area contributed by atoms with Crippen LogP contribution in [0.3, 0.4) is 0 Å². The molecule has 2 rings (SSSR count). The number of hydrogen-bond acceptors (Lipinski definition) is 3. The minimum absolute atomic E-state index is 0.249. The molecule has 0 saturated heterocycles. The van der Waals surface area contributed by atoms with Gasteiger partial charge in [0.25, 0.3) is 9.70 Å². The second-order valence-electron chi connectivity index (χ2n) is 5.80. The SMILES string of the molecule is CCOC(=O)[C@H]1[C@@H]2CCCC[C@@H]2C[C@@H]1NC(=O)C(Cl)(Cl)Cl. The number of hydrogen-bond donors (Lipinski definition) is 1. The lowest BCUT2D eigenvalue weighted by molar-refractivity contribution is -0.150. The molecule has 4 atom stereocenters. The lowest BCUT2D eigenvalue weighted by Gasteiger charge is -2.29. The molecule has 2 aliphatic rings. The van der Waals surface area contributed by atoms with E-state index in [0.717, 1.165) is 25.7 Å². The molecule has 0 unspecified atom stereocenters. The van der Waals surface area contributed by atoms with Crippen LogP contribution in [-0.4, -0.2) is 28.3 Å². The molecule has 0 bridgehead atoms. The molecule has 0 spiro atoms. The van der Waals surface area contributed by atoms with Crippen molar-refractivity contribution in [1.29, 1.82) is 0 Å². The second-order valence-corrected chi connectivity index (χ2v) is 8.08. The number of amides is 1. The third-order valence-corrected chi connectivity index (χ3v) is 5.07. The quantitative estimate of drug-likeness (QED) is 0.624. The average Bonchev–Trinajstić information content (AvgIpc) is 2.75. The van der Waals surface area contributed by atoms with Gasteiger partial charge in [0.2, 0.25) is 0 Å². The zero-order valence-corrected chi connectivity index (χ0v) is 14.2. The van der Waals surface area contributed by atoms with E-state index in [1.807, 2.05) is 0 Å². The fourth-order valence-electron chi connectivity index (χ4n) is 3.75. The van der Waals surface area contributed by atoms with Crippen LogP contribution in [0.4, 0.5) is 0 Å². The molecule has 2 fully saturated rings. The number of nitrogens with one attached hydrogen (secondary N) is 1. The van der Waals surface area contributed by atoms with E-state index in [-0.39, 0.29) is 23.8 Å². The number of rotatable bonds is 3. The normalized spacial score (nSPS) is 32.4.